The van der Waals surface area contributed by atoms with Gasteiger partial charge in [0.2, 0.25) is 0 Å². The fourth-order valence-corrected chi connectivity index (χ4v) is 2.59. The van der Waals surface area contributed by atoms with Crippen LogP contribution in [0.4, 0.5) is 13.6 Å². The first-order chi connectivity index (χ1) is 12.2. The van der Waals surface area contributed by atoms with Crippen LogP contribution in [-0.4, -0.2) is 31.6 Å². The Morgan fingerprint density at radius 3 is 2.38 bits per heavy atom. The maximum Gasteiger partial charge on any atom is 0.317 e. The molecule has 0 atom stereocenters. The van der Waals surface area contributed by atoms with Gasteiger partial charge in [0.25, 0.3) is 0 Å². The average Bonchev–Trinajstić information content (AvgIpc) is 2.60. The lowest BCUT2D eigenvalue weighted by Gasteiger charge is -2.27. The van der Waals surface area contributed by atoms with Gasteiger partial charge in [-0.15, -0.1) is 0 Å². The number of benzene rings is 2. The van der Waals surface area contributed by atoms with E-state index >= 15 is 0 Å². The Labute approximate surface area is 152 Å². The molecule has 0 aromatic heterocycles. The number of nitrogens with zero attached hydrogens (tertiary/aromatic N) is 1. The van der Waals surface area contributed by atoms with E-state index in [9.17, 15) is 13.6 Å². The summed E-state index contributed by atoms with van der Waals surface area (Å²) in [6.07, 6.45) is 0. The first-order valence-corrected chi connectivity index (χ1v) is 8.30. The van der Waals surface area contributed by atoms with Crippen LogP contribution in [0.25, 0.3) is 0 Å². The maximum absolute atomic E-state index is 13.8. The molecule has 0 saturated heterocycles. The van der Waals surface area contributed by atoms with Gasteiger partial charge >= 0.3 is 6.03 Å². The van der Waals surface area contributed by atoms with Gasteiger partial charge in [0.15, 0.2) is 11.6 Å². The van der Waals surface area contributed by atoms with Gasteiger partial charge in [-0.3, -0.25) is 0 Å². The van der Waals surface area contributed by atoms with Crippen molar-refractivity contribution in [1.82, 2.24) is 10.2 Å². The molecule has 0 unspecified atom stereocenters. The zero-order valence-electron chi connectivity index (χ0n) is 15.5. The van der Waals surface area contributed by atoms with Crippen LogP contribution in [0.1, 0.15) is 25.0 Å². The second kappa shape index (κ2) is 8.17. The number of halogens is 2. The Bertz CT molecular complexity index is 761. The number of amides is 2. The standard InChI is InChI=1S/C20H24F2N2O2/c1-20(2,15-6-8-16(21)9-7-15)13-23-19(25)24(3)12-14-5-10-18(26-4)17(22)11-14/h5-11H,12-13H2,1-4H3,(H,23,25). The number of methoxy groups -OCH3 is 1. The molecule has 1 N–H and O–H groups in total. The lowest BCUT2D eigenvalue weighted by Crippen LogP contribution is -2.42. The Kier molecular flexibility index (Phi) is 6.18. The van der Waals surface area contributed by atoms with E-state index in [1.54, 1.807) is 25.2 Å². The molecule has 140 valence electrons. The zero-order chi connectivity index (χ0) is 19.3. The second-order valence-corrected chi connectivity index (χ2v) is 6.87. The largest absolute Gasteiger partial charge is 0.494 e. The van der Waals surface area contributed by atoms with E-state index in [1.807, 2.05) is 13.8 Å². The molecule has 0 aliphatic heterocycles. The third kappa shape index (κ3) is 4.94. The SMILES string of the molecule is COc1ccc(CN(C)C(=O)NCC(C)(C)c2ccc(F)cc2)cc1F. The minimum absolute atomic E-state index is 0.168. The van der Waals surface area contributed by atoms with E-state index < -0.39 is 5.82 Å². The molecular formula is C20H24F2N2O2. The Hall–Kier alpha value is -2.63. The van der Waals surface area contributed by atoms with Crippen molar-refractivity contribution < 1.29 is 18.3 Å². The molecule has 0 fully saturated rings. The van der Waals surface area contributed by atoms with E-state index in [2.05, 4.69) is 5.32 Å². The quantitative estimate of drug-likeness (QED) is 0.841. The van der Waals surface area contributed by atoms with Crippen molar-refractivity contribution in [2.75, 3.05) is 20.7 Å². The van der Waals surface area contributed by atoms with Crippen LogP contribution in [0.3, 0.4) is 0 Å². The summed E-state index contributed by atoms with van der Waals surface area (Å²) in [7, 11) is 3.04. The lowest BCUT2D eigenvalue weighted by molar-refractivity contribution is 0.204. The number of carbonyl (C=O) groups excluding carboxylic acids is 1. The molecule has 2 rings (SSSR count). The van der Waals surface area contributed by atoms with Crippen LogP contribution in [0.5, 0.6) is 5.75 Å². The summed E-state index contributed by atoms with van der Waals surface area (Å²) in [4.78, 5) is 13.8. The van der Waals surface area contributed by atoms with Crippen LogP contribution >= 0.6 is 0 Å². The van der Waals surface area contributed by atoms with Crippen LogP contribution in [-0.2, 0) is 12.0 Å². The number of hydrogen-bond acceptors (Lipinski definition) is 2. The Morgan fingerprint density at radius 1 is 1.15 bits per heavy atom. The molecule has 0 aliphatic rings. The van der Waals surface area contributed by atoms with Crippen molar-refractivity contribution in [3.63, 3.8) is 0 Å². The van der Waals surface area contributed by atoms with Gasteiger partial charge in [-0.25, -0.2) is 13.6 Å². The highest BCUT2D eigenvalue weighted by Crippen LogP contribution is 2.23. The molecular weight excluding hydrogens is 338 g/mol. The first-order valence-electron chi connectivity index (χ1n) is 8.30. The Balaban J connectivity index is 1.94. The second-order valence-electron chi connectivity index (χ2n) is 6.87. The van der Waals surface area contributed by atoms with E-state index in [0.717, 1.165) is 5.56 Å². The Morgan fingerprint density at radius 2 is 1.81 bits per heavy atom. The van der Waals surface area contributed by atoms with Crippen molar-refractivity contribution >= 4 is 6.03 Å². The highest BCUT2D eigenvalue weighted by atomic mass is 19.1. The summed E-state index contributed by atoms with van der Waals surface area (Å²) in [5.41, 5.74) is 1.24. The van der Waals surface area contributed by atoms with Crippen molar-refractivity contribution in [3.05, 3.63) is 65.2 Å². The lowest BCUT2D eigenvalue weighted by atomic mass is 9.84. The predicted octanol–water partition coefficient (Wildman–Crippen LogP) is 4.09. The number of nitrogens with one attached hydrogen (secondary N) is 1. The molecule has 0 aliphatic carbocycles. The van der Waals surface area contributed by atoms with Gasteiger partial charge < -0.3 is 15.0 Å². The predicted molar refractivity (Wildman–Crippen MR) is 97.2 cm³/mol. The molecule has 2 aromatic carbocycles. The molecule has 0 radical (unpaired) electrons. The van der Waals surface area contributed by atoms with E-state index in [-0.39, 0.29) is 29.6 Å². The molecule has 6 heteroatoms. The number of ether oxygens (including phenoxy) is 1. The molecule has 0 bridgehead atoms. The van der Waals surface area contributed by atoms with Crippen molar-refractivity contribution in [1.29, 1.82) is 0 Å². The van der Waals surface area contributed by atoms with Crippen molar-refractivity contribution in [2.24, 2.45) is 0 Å². The van der Waals surface area contributed by atoms with Gasteiger partial charge in [-0.1, -0.05) is 32.0 Å². The highest BCUT2D eigenvalue weighted by molar-refractivity contribution is 5.74. The molecule has 0 saturated carbocycles. The minimum Gasteiger partial charge on any atom is -0.494 e. The molecule has 0 heterocycles. The highest BCUT2D eigenvalue weighted by Gasteiger charge is 2.22. The first kappa shape index (κ1) is 19.7. The number of rotatable bonds is 6. The van der Waals surface area contributed by atoms with Crippen LogP contribution in [0.15, 0.2) is 42.5 Å². The van der Waals surface area contributed by atoms with E-state index in [0.29, 0.717) is 12.1 Å². The normalized spacial score (nSPS) is 11.2. The fourth-order valence-electron chi connectivity index (χ4n) is 2.59. The van der Waals surface area contributed by atoms with Gasteiger partial charge in [-0.2, -0.15) is 0 Å². The number of urea groups is 1. The van der Waals surface area contributed by atoms with Crippen molar-refractivity contribution in [2.45, 2.75) is 25.8 Å². The maximum atomic E-state index is 13.8. The minimum atomic E-state index is -0.462. The summed E-state index contributed by atoms with van der Waals surface area (Å²) < 4.78 is 31.7. The summed E-state index contributed by atoms with van der Waals surface area (Å²) >= 11 is 0. The van der Waals surface area contributed by atoms with Gasteiger partial charge in [0.05, 0.1) is 7.11 Å². The average molecular weight is 362 g/mol. The molecule has 4 nitrogen and oxygen atoms in total. The van der Waals surface area contributed by atoms with Gasteiger partial charge in [0, 0.05) is 25.6 Å². The monoisotopic (exact) mass is 362 g/mol. The number of hydrogen-bond donors (Lipinski definition) is 1. The van der Waals surface area contributed by atoms with Gasteiger partial charge in [0.1, 0.15) is 5.82 Å². The van der Waals surface area contributed by atoms with Crippen LogP contribution < -0.4 is 10.1 Å². The zero-order valence-corrected chi connectivity index (χ0v) is 15.5. The molecule has 2 aromatic rings. The smallest absolute Gasteiger partial charge is 0.317 e. The van der Waals surface area contributed by atoms with E-state index in [4.69, 9.17) is 4.74 Å². The van der Waals surface area contributed by atoms with Crippen LogP contribution in [0.2, 0.25) is 0 Å². The number of carbonyl (C=O) groups is 1. The molecule has 0 spiro atoms. The van der Waals surface area contributed by atoms with Gasteiger partial charge in [-0.05, 0) is 35.4 Å². The molecule has 2 amide bonds. The van der Waals surface area contributed by atoms with E-state index in [1.165, 1.54) is 36.3 Å². The summed E-state index contributed by atoms with van der Waals surface area (Å²) in [5, 5.41) is 2.87. The third-order valence-corrected chi connectivity index (χ3v) is 4.29. The van der Waals surface area contributed by atoms with Crippen LogP contribution in [0, 0.1) is 11.6 Å². The topological polar surface area (TPSA) is 41.6 Å². The molecule has 26 heavy (non-hydrogen) atoms. The fraction of sp³-hybridized carbons (Fsp3) is 0.350. The summed E-state index contributed by atoms with van der Waals surface area (Å²) in [5.74, 6) is -0.585. The van der Waals surface area contributed by atoms with Crippen molar-refractivity contribution in [3.8, 4) is 5.75 Å². The summed E-state index contributed by atoms with van der Waals surface area (Å²) in [6.45, 7) is 4.60. The third-order valence-electron chi connectivity index (χ3n) is 4.29. The summed E-state index contributed by atoms with van der Waals surface area (Å²) in [6, 6.07) is 10.6.